The van der Waals surface area contributed by atoms with Crippen LogP contribution in [0.3, 0.4) is 0 Å². The van der Waals surface area contributed by atoms with Gasteiger partial charge in [-0.25, -0.2) is 0 Å². The lowest BCUT2D eigenvalue weighted by Crippen LogP contribution is -2.53. The Morgan fingerprint density at radius 2 is 1.71 bits per heavy atom. The largest absolute Gasteiger partial charge is 0.493 e. The number of amides is 2. The van der Waals surface area contributed by atoms with E-state index in [1.807, 2.05) is 18.2 Å². The lowest BCUT2D eigenvalue weighted by molar-refractivity contribution is -0.125. The summed E-state index contributed by atoms with van der Waals surface area (Å²) in [6.45, 7) is 0.142. The van der Waals surface area contributed by atoms with Gasteiger partial charge in [0.25, 0.3) is 11.8 Å². The summed E-state index contributed by atoms with van der Waals surface area (Å²) in [5.74, 6) is 0.0899. The second-order valence-electron chi connectivity index (χ2n) is 9.26. The normalized spacial score (nSPS) is 17.9. The highest BCUT2D eigenvalue weighted by atomic mass is 35.5. The maximum absolute atomic E-state index is 14.1. The van der Waals surface area contributed by atoms with Gasteiger partial charge in [0.05, 0.1) is 25.2 Å². The van der Waals surface area contributed by atoms with Gasteiger partial charge >= 0.3 is 0 Å². The van der Waals surface area contributed by atoms with Gasteiger partial charge < -0.3 is 23.7 Å². The number of hydrogen-bond donors (Lipinski definition) is 0. The Labute approximate surface area is 222 Å². The van der Waals surface area contributed by atoms with Crippen LogP contribution in [0.25, 0.3) is 11.0 Å². The fourth-order valence-electron chi connectivity index (χ4n) is 5.64. The zero-order valence-corrected chi connectivity index (χ0v) is 21.7. The third kappa shape index (κ3) is 3.13. The van der Waals surface area contributed by atoms with E-state index in [4.69, 9.17) is 25.5 Å². The van der Waals surface area contributed by atoms with Crippen molar-refractivity contribution < 1.29 is 23.5 Å². The summed E-state index contributed by atoms with van der Waals surface area (Å²) in [5.41, 5.74) is 0.183. The molecule has 0 bridgehead atoms. The lowest BCUT2D eigenvalue weighted by Gasteiger charge is -2.34. The zero-order valence-electron chi connectivity index (χ0n) is 20.9. The summed E-state index contributed by atoms with van der Waals surface area (Å²) in [6.07, 6.45) is 0.389. The van der Waals surface area contributed by atoms with Crippen LogP contribution in [0.5, 0.6) is 11.5 Å². The summed E-state index contributed by atoms with van der Waals surface area (Å²) in [6, 6.07) is 17.3. The van der Waals surface area contributed by atoms with E-state index in [-0.39, 0.29) is 28.8 Å². The first-order valence-electron chi connectivity index (χ1n) is 12.0. The van der Waals surface area contributed by atoms with Gasteiger partial charge in [-0.15, -0.1) is 0 Å². The summed E-state index contributed by atoms with van der Waals surface area (Å²) >= 11 is 6.19. The van der Waals surface area contributed by atoms with E-state index in [9.17, 15) is 14.4 Å². The van der Waals surface area contributed by atoms with Crippen LogP contribution < -0.4 is 19.8 Å². The Kier molecular flexibility index (Phi) is 5.47. The summed E-state index contributed by atoms with van der Waals surface area (Å²) in [4.78, 5) is 45.1. The number of carbonyl (C=O) groups is 2. The Bertz CT molecular complexity index is 1710. The van der Waals surface area contributed by atoms with Gasteiger partial charge in [0.1, 0.15) is 5.58 Å². The first-order chi connectivity index (χ1) is 18.3. The van der Waals surface area contributed by atoms with Crippen LogP contribution in [-0.2, 0) is 16.8 Å². The maximum Gasteiger partial charge on any atom is 0.291 e. The summed E-state index contributed by atoms with van der Waals surface area (Å²) < 4.78 is 16.8. The number of rotatable bonds is 5. The highest BCUT2D eigenvalue weighted by Gasteiger charge is 2.64. The van der Waals surface area contributed by atoms with Crippen molar-refractivity contribution in [3.8, 4) is 11.5 Å². The lowest BCUT2D eigenvalue weighted by atomic mass is 9.84. The molecule has 0 saturated carbocycles. The predicted molar refractivity (Wildman–Crippen MR) is 142 cm³/mol. The Hall–Kier alpha value is -4.30. The molecule has 0 saturated heterocycles. The van der Waals surface area contributed by atoms with Crippen LogP contribution in [0.15, 0.2) is 69.9 Å². The molecule has 1 atom stereocenters. The molecule has 0 radical (unpaired) electrons. The second kappa shape index (κ2) is 8.63. The van der Waals surface area contributed by atoms with E-state index in [2.05, 4.69) is 0 Å². The van der Waals surface area contributed by atoms with Crippen LogP contribution in [0.1, 0.15) is 27.2 Å². The van der Waals surface area contributed by atoms with Crippen molar-refractivity contribution in [1.29, 1.82) is 0 Å². The van der Waals surface area contributed by atoms with Crippen molar-refractivity contribution in [2.75, 3.05) is 32.7 Å². The van der Waals surface area contributed by atoms with Crippen molar-refractivity contribution in [3.05, 3.63) is 98.4 Å². The molecule has 3 aromatic carbocycles. The monoisotopic (exact) mass is 530 g/mol. The Morgan fingerprint density at radius 3 is 2.47 bits per heavy atom. The standard InChI is InChI=1S/C29H23ClN2O6/c1-31-20-7-5-4-6-19(20)29(28(31)35)24-25(33)18-15-17(30)9-11-21(18)38-26(24)27(34)32(29)13-12-16-8-10-22(36-2)23(14-16)37-3/h4-11,14-15H,12-13H2,1-3H3. The van der Waals surface area contributed by atoms with E-state index in [0.717, 1.165) is 5.56 Å². The van der Waals surface area contributed by atoms with Crippen molar-refractivity contribution in [2.45, 2.75) is 12.0 Å². The summed E-state index contributed by atoms with van der Waals surface area (Å²) in [5, 5.41) is 0.564. The molecule has 2 amide bonds. The van der Waals surface area contributed by atoms with Gasteiger partial charge in [-0.05, 0) is 48.4 Å². The second-order valence-corrected chi connectivity index (χ2v) is 9.70. The number of nitrogens with zero attached hydrogens (tertiary/aromatic N) is 2. The maximum atomic E-state index is 14.1. The van der Waals surface area contributed by atoms with E-state index >= 15 is 0 Å². The minimum Gasteiger partial charge on any atom is -0.493 e. The summed E-state index contributed by atoms with van der Waals surface area (Å²) in [7, 11) is 4.75. The fourth-order valence-corrected chi connectivity index (χ4v) is 5.82. The number of para-hydroxylation sites is 1. The molecule has 3 heterocycles. The zero-order chi connectivity index (χ0) is 26.8. The predicted octanol–water partition coefficient (Wildman–Crippen LogP) is 4.38. The SMILES string of the molecule is COc1ccc(CCN2C(=O)c3oc4ccc(Cl)cc4c(=O)c3C23C(=O)N(C)c2ccccc23)cc1OC. The Morgan fingerprint density at radius 1 is 0.947 bits per heavy atom. The first-order valence-corrected chi connectivity index (χ1v) is 12.4. The number of hydrogen-bond acceptors (Lipinski definition) is 6. The number of ether oxygens (including phenoxy) is 2. The number of likely N-dealkylation sites (N-methyl/N-ethyl adjacent to an activating group) is 1. The molecule has 0 aliphatic carbocycles. The van der Waals surface area contributed by atoms with E-state index in [0.29, 0.717) is 34.2 Å². The van der Waals surface area contributed by atoms with E-state index in [1.54, 1.807) is 57.7 Å². The van der Waals surface area contributed by atoms with Crippen molar-refractivity contribution in [2.24, 2.45) is 0 Å². The molecule has 38 heavy (non-hydrogen) atoms. The Balaban J connectivity index is 1.56. The van der Waals surface area contributed by atoms with Crippen LogP contribution in [0.4, 0.5) is 5.69 Å². The molecule has 4 aromatic rings. The van der Waals surface area contributed by atoms with Gasteiger partial charge in [0.15, 0.2) is 22.5 Å². The highest BCUT2D eigenvalue weighted by Crippen LogP contribution is 2.52. The smallest absolute Gasteiger partial charge is 0.291 e. The van der Waals surface area contributed by atoms with Crippen molar-refractivity contribution in [3.63, 3.8) is 0 Å². The number of benzene rings is 3. The molecule has 0 N–H and O–H groups in total. The van der Waals surface area contributed by atoms with Gasteiger partial charge in [-0.2, -0.15) is 0 Å². The number of fused-ring (bicyclic) bond motifs is 5. The molecule has 0 fully saturated rings. The van der Waals surface area contributed by atoms with E-state index in [1.165, 1.54) is 15.9 Å². The minimum absolute atomic E-state index is 0.0198. The topological polar surface area (TPSA) is 89.3 Å². The molecular formula is C29H23ClN2O6. The van der Waals surface area contributed by atoms with Crippen LogP contribution in [0, 0.1) is 0 Å². The highest BCUT2D eigenvalue weighted by molar-refractivity contribution is 6.31. The van der Waals surface area contributed by atoms with E-state index < -0.39 is 22.8 Å². The molecule has 9 heteroatoms. The van der Waals surface area contributed by atoms with Gasteiger partial charge in [0, 0.05) is 29.9 Å². The van der Waals surface area contributed by atoms with Crippen molar-refractivity contribution in [1.82, 2.24) is 4.90 Å². The molecule has 2 aliphatic heterocycles. The molecule has 1 spiro atoms. The van der Waals surface area contributed by atoms with Gasteiger partial charge in [-0.1, -0.05) is 35.9 Å². The van der Waals surface area contributed by atoms with Gasteiger partial charge in [-0.3, -0.25) is 14.4 Å². The van der Waals surface area contributed by atoms with Crippen LogP contribution >= 0.6 is 11.6 Å². The average molecular weight is 531 g/mol. The molecule has 8 nitrogen and oxygen atoms in total. The molecule has 192 valence electrons. The van der Waals surface area contributed by atoms with Crippen molar-refractivity contribution >= 4 is 40.1 Å². The minimum atomic E-state index is -1.66. The molecule has 2 aliphatic rings. The number of methoxy groups -OCH3 is 2. The molecule has 6 rings (SSSR count). The number of halogens is 1. The third-order valence-electron chi connectivity index (χ3n) is 7.40. The fraction of sp³-hybridized carbons (Fsp3) is 0.207. The first kappa shape index (κ1) is 24.1. The molecular weight excluding hydrogens is 508 g/mol. The third-order valence-corrected chi connectivity index (χ3v) is 7.63. The van der Waals surface area contributed by atoms with Crippen LogP contribution in [0.2, 0.25) is 5.02 Å². The number of anilines is 1. The molecule has 1 aromatic heterocycles. The van der Waals surface area contributed by atoms with Gasteiger partial charge in [0.2, 0.25) is 5.76 Å². The molecule has 1 unspecified atom stereocenters. The quantitative estimate of drug-likeness (QED) is 0.380. The average Bonchev–Trinajstić information content (AvgIpc) is 3.31. The van der Waals surface area contributed by atoms with Crippen LogP contribution in [-0.4, -0.2) is 44.5 Å². The number of carbonyl (C=O) groups excluding carboxylic acids is 2.